The van der Waals surface area contributed by atoms with Crippen LogP contribution in [0.3, 0.4) is 0 Å². The van der Waals surface area contributed by atoms with Crippen molar-refractivity contribution in [1.82, 2.24) is 15.0 Å². The van der Waals surface area contributed by atoms with Crippen LogP contribution in [-0.2, 0) is 0 Å². The first-order chi connectivity index (χ1) is 9.21. The SMILES string of the molecule is CCOc1nc(NC)nc(Sc2cccc(Cl)c2)n1. The highest BCUT2D eigenvalue weighted by Crippen LogP contribution is 2.28. The van der Waals surface area contributed by atoms with E-state index >= 15 is 0 Å². The number of halogens is 1. The number of anilines is 1. The average molecular weight is 297 g/mol. The highest BCUT2D eigenvalue weighted by atomic mass is 35.5. The first-order valence-corrected chi connectivity index (χ1v) is 6.90. The lowest BCUT2D eigenvalue weighted by Gasteiger charge is -2.06. The molecule has 0 amide bonds. The normalized spacial score (nSPS) is 10.3. The van der Waals surface area contributed by atoms with E-state index in [0.29, 0.717) is 28.7 Å². The molecule has 0 aliphatic heterocycles. The molecule has 2 aromatic rings. The van der Waals surface area contributed by atoms with Gasteiger partial charge < -0.3 is 10.1 Å². The molecule has 19 heavy (non-hydrogen) atoms. The second kappa shape index (κ2) is 6.58. The fourth-order valence-electron chi connectivity index (χ4n) is 1.33. The van der Waals surface area contributed by atoms with Crippen LogP contribution in [0.1, 0.15) is 6.92 Å². The highest BCUT2D eigenvalue weighted by molar-refractivity contribution is 7.99. The number of nitrogens with one attached hydrogen (secondary N) is 1. The molecule has 7 heteroatoms. The molecule has 1 N–H and O–H groups in total. The summed E-state index contributed by atoms with van der Waals surface area (Å²) in [5, 5.41) is 4.12. The van der Waals surface area contributed by atoms with E-state index in [1.165, 1.54) is 11.8 Å². The number of nitrogens with zero attached hydrogens (tertiary/aromatic N) is 3. The maximum Gasteiger partial charge on any atom is 0.322 e. The van der Waals surface area contributed by atoms with E-state index in [0.717, 1.165) is 4.90 Å². The molecule has 0 spiro atoms. The maximum atomic E-state index is 5.95. The molecule has 5 nitrogen and oxygen atoms in total. The van der Waals surface area contributed by atoms with Crippen LogP contribution in [0.15, 0.2) is 34.3 Å². The maximum absolute atomic E-state index is 5.95. The van der Waals surface area contributed by atoms with Gasteiger partial charge >= 0.3 is 6.01 Å². The quantitative estimate of drug-likeness (QED) is 0.915. The summed E-state index contributed by atoms with van der Waals surface area (Å²) in [6.07, 6.45) is 0. The van der Waals surface area contributed by atoms with E-state index in [2.05, 4.69) is 20.3 Å². The molecule has 0 bridgehead atoms. The van der Waals surface area contributed by atoms with Crippen LogP contribution < -0.4 is 10.1 Å². The van der Waals surface area contributed by atoms with Crippen molar-refractivity contribution in [2.75, 3.05) is 19.0 Å². The fourth-order valence-corrected chi connectivity index (χ4v) is 2.38. The van der Waals surface area contributed by atoms with E-state index in [9.17, 15) is 0 Å². The fraction of sp³-hybridized carbons (Fsp3) is 0.250. The number of rotatable bonds is 5. The molecule has 0 aliphatic rings. The second-order valence-corrected chi connectivity index (χ2v) is 4.94. The van der Waals surface area contributed by atoms with Crippen LogP contribution in [0.5, 0.6) is 6.01 Å². The standard InChI is InChI=1S/C12H13ClN4OS/c1-3-18-11-15-10(14-2)16-12(17-11)19-9-6-4-5-8(13)7-9/h4-7H,3H2,1-2H3,(H,14,15,16,17). The van der Waals surface area contributed by atoms with E-state index in [4.69, 9.17) is 16.3 Å². The smallest absolute Gasteiger partial charge is 0.322 e. The second-order valence-electron chi connectivity index (χ2n) is 3.47. The molecule has 0 aliphatic carbocycles. The van der Waals surface area contributed by atoms with Gasteiger partial charge in [-0.25, -0.2) is 0 Å². The number of benzene rings is 1. The van der Waals surface area contributed by atoms with Gasteiger partial charge in [-0.15, -0.1) is 0 Å². The Morgan fingerprint density at radius 1 is 1.32 bits per heavy atom. The van der Waals surface area contributed by atoms with E-state index < -0.39 is 0 Å². The van der Waals surface area contributed by atoms with Crippen molar-refractivity contribution in [3.05, 3.63) is 29.3 Å². The van der Waals surface area contributed by atoms with Gasteiger partial charge in [0.25, 0.3) is 0 Å². The zero-order valence-corrected chi connectivity index (χ0v) is 12.1. The van der Waals surface area contributed by atoms with Gasteiger partial charge in [0.05, 0.1) is 6.61 Å². The molecule has 0 fully saturated rings. The lowest BCUT2D eigenvalue weighted by atomic mass is 10.4. The molecule has 1 aromatic heterocycles. The Labute approximate surface area is 120 Å². The summed E-state index contributed by atoms with van der Waals surface area (Å²) in [7, 11) is 1.75. The van der Waals surface area contributed by atoms with E-state index in [1.54, 1.807) is 7.05 Å². The van der Waals surface area contributed by atoms with Gasteiger partial charge in [-0.1, -0.05) is 17.7 Å². The zero-order chi connectivity index (χ0) is 13.7. The topological polar surface area (TPSA) is 59.9 Å². The first kappa shape index (κ1) is 13.9. The van der Waals surface area contributed by atoms with Crippen molar-refractivity contribution >= 4 is 29.3 Å². The Hall–Kier alpha value is -1.53. The van der Waals surface area contributed by atoms with Crippen LogP contribution in [0, 0.1) is 0 Å². The molecule has 0 unspecified atom stereocenters. The predicted octanol–water partition coefficient (Wildman–Crippen LogP) is 3.12. The lowest BCUT2D eigenvalue weighted by molar-refractivity contribution is 0.308. The van der Waals surface area contributed by atoms with Gasteiger partial charge in [0, 0.05) is 17.0 Å². The number of hydrogen-bond acceptors (Lipinski definition) is 6. The summed E-state index contributed by atoms with van der Waals surface area (Å²) in [5.74, 6) is 0.475. The van der Waals surface area contributed by atoms with Gasteiger partial charge in [-0.05, 0) is 36.9 Å². The predicted molar refractivity (Wildman–Crippen MR) is 76.1 cm³/mol. The highest BCUT2D eigenvalue weighted by Gasteiger charge is 2.08. The molecular formula is C12H13ClN4OS. The third kappa shape index (κ3) is 3.97. The van der Waals surface area contributed by atoms with Crippen LogP contribution in [-0.4, -0.2) is 28.6 Å². The molecule has 0 saturated heterocycles. The minimum absolute atomic E-state index is 0.311. The number of aromatic nitrogens is 3. The summed E-state index contributed by atoms with van der Waals surface area (Å²) < 4.78 is 5.31. The molecule has 2 rings (SSSR count). The van der Waals surface area contributed by atoms with Crippen molar-refractivity contribution in [3.8, 4) is 6.01 Å². The molecular weight excluding hydrogens is 284 g/mol. The molecule has 1 aromatic carbocycles. The van der Waals surface area contributed by atoms with Crippen molar-refractivity contribution in [2.45, 2.75) is 17.0 Å². The lowest BCUT2D eigenvalue weighted by Crippen LogP contribution is -2.04. The van der Waals surface area contributed by atoms with Gasteiger partial charge in [-0.3, -0.25) is 0 Å². The first-order valence-electron chi connectivity index (χ1n) is 5.71. The van der Waals surface area contributed by atoms with Crippen LogP contribution in [0.2, 0.25) is 5.02 Å². The Bertz CT molecular complexity index is 567. The third-order valence-electron chi connectivity index (χ3n) is 2.10. The van der Waals surface area contributed by atoms with Crippen LogP contribution in [0.4, 0.5) is 5.95 Å². The Kier molecular flexibility index (Phi) is 4.81. The van der Waals surface area contributed by atoms with Crippen molar-refractivity contribution < 1.29 is 4.74 Å². The summed E-state index contributed by atoms with van der Waals surface area (Å²) in [5.41, 5.74) is 0. The zero-order valence-electron chi connectivity index (χ0n) is 10.6. The van der Waals surface area contributed by atoms with E-state index in [-0.39, 0.29) is 0 Å². The molecule has 0 atom stereocenters. The Morgan fingerprint density at radius 2 is 2.16 bits per heavy atom. The van der Waals surface area contributed by atoms with Crippen LogP contribution in [0.25, 0.3) is 0 Å². The van der Waals surface area contributed by atoms with Crippen molar-refractivity contribution in [3.63, 3.8) is 0 Å². The summed E-state index contributed by atoms with van der Waals surface area (Å²) in [6.45, 7) is 2.39. The van der Waals surface area contributed by atoms with Crippen molar-refractivity contribution in [1.29, 1.82) is 0 Å². The van der Waals surface area contributed by atoms with Gasteiger partial charge in [0.15, 0.2) is 0 Å². The largest absolute Gasteiger partial charge is 0.464 e. The molecule has 0 saturated carbocycles. The number of ether oxygens (including phenoxy) is 1. The summed E-state index contributed by atoms with van der Waals surface area (Å²) in [6, 6.07) is 7.82. The molecule has 100 valence electrons. The minimum atomic E-state index is 0.311. The van der Waals surface area contributed by atoms with Gasteiger partial charge in [0.2, 0.25) is 11.1 Å². The Balaban J connectivity index is 2.26. The molecule has 1 heterocycles. The number of hydrogen-bond donors (Lipinski definition) is 1. The average Bonchev–Trinajstić information content (AvgIpc) is 2.39. The molecule has 0 radical (unpaired) electrons. The summed E-state index contributed by atoms with van der Waals surface area (Å²) >= 11 is 7.35. The monoisotopic (exact) mass is 296 g/mol. The Morgan fingerprint density at radius 3 is 2.84 bits per heavy atom. The van der Waals surface area contributed by atoms with E-state index in [1.807, 2.05) is 31.2 Å². The van der Waals surface area contributed by atoms with Gasteiger partial charge in [0.1, 0.15) is 0 Å². The third-order valence-corrected chi connectivity index (χ3v) is 3.19. The minimum Gasteiger partial charge on any atom is -0.464 e. The van der Waals surface area contributed by atoms with Gasteiger partial charge in [-0.2, -0.15) is 15.0 Å². The van der Waals surface area contributed by atoms with Crippen molar-refractivity contribution in [2.24, 2.45) is 0 Å². The summed E-state index contributed by atoms with van der Waals surface area (Å²) in [4.78, 5) is 13.6. The van der Waals surface area contributed by atoms with Crippen LogP contribution >= 0.6 is 23.4 Å².